The molecule has 0 spiro atoms. The van der Waals surface area contributed by atoms with Gasteiger partial charge >= 0.3 is 0 Å². The highest BCUT2D eigenvalue weighted by Crippen LogP contribution is 2.02. The molecule has 0 atom stereocenters. The maximum Gasteiger partial charge on any atom is 0.224 e. The molecule has 0 aliphatic carbocycles. The van der Waals surface area contributed by atoms with Crippen molar-refractivity contribution < 1.29 is 0 Å². The van der Waals surface area contributed by atoms with E-state index in [2.05, 4.69) is 15.5 Å². The summed E-state index contributed by atoms with van der Waals surface area (Å²) in [4.78, 5) is 0. The van der Waals surface area contributed by atoms with Crippen molar-refractivity contribution in [1.29, 1.82) is 0 Å². The molecule has 12 heavy (non-hydrogen) atoms. The first-order chi connectivity index (χ1) is 5.75. The Labute approximate surface area is 72.0 Å². The number of rotatable bonds is 4. The van der Waals surface area contributed by atoms with Crippen LogP contribution >= 0.6 is 0 Å². The van der Waals surface area contributed by atoms with E-state index in [9.17, 15) is 0 Å². The summed E-state index contributed by atoms with van der Waals surface area (Å²) in [5, 5.41) is 11.0. The van der Waals surface area contributed by atoms with Crippen LogP contribution in [0.4, 0.5) is 5.95 Å². The number of hydrogen-bond acceptors (Lipinski definition) is 4. The van der Waals surface area contributed by atoms with Crippen molar-refractivity contribution in [2.75, 3.05) is 18.4 Å². The predicted octanol–water partition coefficient (Wildman–Crippen LogP) is -0.116. The maximum absolute atomic E-state index is 5.35. The monoisotopic (exact) mass is 169 g/mol. The average molecular weight is 169 g/mol. The van der Waals surface area contributed by atoms with Crippen molar-refractivity contribution >= 4 is 5.95 Å². The van der Waals surface area contributed by atoms with E-state index in [0.29, 0.717) is 6.54 Å². The second-order valence-corrected chi connectivity index (χ2v) is 2.70. The lowest BCUT2D eigenvalue weighted by atomic mass is 10.4. The Morgan fingerprint density at radius 1 is 1.50 bits per heavy atom. The number of hydrogen-bond donors (Lipinski definition) is 2. The van der Waals surface area contributed by atoms with Gasteiger partial charge in [-0.25, -0.2) is 0 Å². The molecule has 0 radical (unpaired) electrons. The minimum absolute atomic E-state index is 0.698. The summed E-state index contributed by atoms with van der Waals surface area (Å²) in [6, 6.07) is 0. The molecule has 1 heterocycles. The molecule has 0 saturated heterocycles. The zero-order valence-corrected chi connectivity index (χ0v) is 7.54. The third kappa shape index (κ3) is 1.94. The Morgan fingerprint density at radius 2 is 2.25 bits per heavy atom. The van der Waals surface area contributed by atoms with Crippen molar-refractivity contribution in [3.63, 3.8) is 0 Å². The summed E-state index contributed by atoms with van der Waals surface area (Å²) >= 11 is 0. The summed E-state index contributed by atoms with van der Waals surface area (Å²) in [6.07, 6.45) is 0.950. The number of nitrogens with one attached hydrogen (secondary N) is 1. The van der Waals surface area contributed by atoms with Crippen LogP contribution in [0.5, 0.6) is 0 Å². The number of aryl methyl sites for hydroxylation is 1. The van der Waals surface area contributed by atoms with Gasteiger partial charge in [0.25, 0.3) is 0 Å². The third-order valence-electron chi connectivity index (χ3n) is 1.76. The van der Waals surface area contributed by atoms with Gasteiger partial charge in [-0.05, 0) is 19.9 Å². The summed E-state index contributed by atoms with van der Waals surface area (Å²) in [5.74, 6) is 1.71. The second kappa shape index (κ2) is 4.06. The zero-order chi connectivity index (χ0) is 8.97. The van der Waals surface area contributed by atoms with E-state index in [1.807, 2.05) is 18.5 Å². The van der Waals surface area contributed by atoms with Crippen molar-refractivity contribution in [2.45, 2.75) is 13.3 Å². The van der Waals surface area contributed by atoms with Gasteiger partial charge in [-0.1, -0.05) is 0 Å². The first-order valence-corrected chi connectivity index (χ1v) is 4.05. The normalized spacial score (nSPS) is 10.2. The van der Waals surface area contributed by atoms with Gasteiger partial charge in [-0.2, -0.15) is 0 Å². The van der Waals surface area contributed by atoms with Crippen LogP contribution in [0.1, 0.15) is 12.2 Å². The van der Waals surface area contributed by atoms with Crippen LogP contribution in [0, 0.1) is 6.92 Å². The predicted molar refractivity (Wildman–Crippen MR) is 47.9 cm³/mol. The lowest BCUT2D eigenvalue weighted by molar-refractivity contribution is 0.826. The molecule has 1 aromatic heterocycles. The van der Waals surface area contributed by atoms with Crippen molar-refractivity contribution in [3.8, 4) is 0 Å². The van der Waals surface area contributed by atoms with E-state index in [4.69, 9.17) is 5.73 Å². The third-order valence-corrected chi connectivity index (χ3v) is 1.76. The lowest BCUT2D eigenvalue weighted by Gasteiger charge is -2.03. The molecule has 0 saturated carbocycles. The van der Waals surface area contributed by atoms with Crippen LogP contribution in [0.15, 0.2) is 0 Å². The van der Waals surface area contributed by atoms with Gasteiger partial charge in [0.05, 0.1) is 0 Å². The summed E-state index contributed by atoms with van der Waals surface area (Å²) < 4.78 is 1.91. The van der Waals surface area contributed by atoms with E-state index in [-0.39, 0.29) is 0 Å². The Hall–Kier alpha value is -1.10. The van der Waals surface area contributed by atoms with Crippen LogP contribution < -0.4 is 11.1 Å². The van der Waals surface area contributed by atoms with Crippen LogP contribution in [0.25, 0.3) is 0 Å². The molecular formula is C7H15N5. The average Bonchev–Trinajstić information content (AvgIpc) is 2.36. The molecule has 1 aromatic rings. The molecule has 5 nitrogen and oxygen atoms in total. The molecule has 0 aliphatic heterocycles. The second-order valence-electron chi connectivity index (χ2n) is 2.70. The molecule has 1 rings (SSSR count). The number of nitrogens with zero attached hydrogens (tertiary/aromatic N) is 3. The standard InChI is InChI=1S/C7H15N5/c1-6-10-11-7(12(6)2)9-5-3-4-8/h3-5,8H2,1-2H3,(H,9,11). The molecule has 0 bridgehead atoms. The number of aromatic nitrogens is 3. The Kier molecular flexibility index (Phi) is 3.04. The van der Waals surface area contributed by atoms with Crippen molar-refractivity contribution in [2.24, 2.45) is 12.8 Å². The molecule has 68 valence electrons. The molecule has 0 unspecified atom stereocenters. The molecular weight excluding hydrogens is 154 g/mol. The highest BCUT2D eigenvalue weighted by atomic mass is 15.3. The van der Waals surface area contributed by atoms with Gasteiger partial charge in [-0.15, -0.1) is 10.2 Å². The molecule has 0 aromatic carbocycles. The summed E-state index contributed by atoms with van der Waals surface area (Å²) in [7, 11) is 1.93. The highest BCUT2D eigenvalue weighted by Gasteiger charge is 2.01. The van der Waals surface area contributed by atoms with Crippen LogP contribution in [0.2, 0.25) is 0 Å². The van der Waals surface area contributed by atoms with Gasteiger partial charge in [0, 0.05) is 13.6 Å². The first kappa shape index (κ1) is 8.99. The molecule has 5 heteroatoms. The molecule has 0 amide bonds. The maximum atomic E-state index is 5.35. The fraction of sp³-hybridized carbons (Fsp3) is 0.714. The van der Waals surface area contributed by atoms with Gasteiger partial charge in [0.1, 0.15) is 5.82 Å². The molecule has 0 aliphatic rings. The van der Waals surface area contributed by atoms with Crippen LogP contribution in [-0.4, -0.2) is 27.9 Å². The minimum Gasteiger partial charge on any atom is -0.354 e. The minimum atomic E-state index is 0.698. The van der Waals surface area contributed by atoms with E-state index < -0.39 is 0 Å². The first-order valence-electron chi connectivity index (χ1n) is 4.05. The van der Waals surface area contributed by atoms with Crippen molar-refractivity contribution in [3.05, 3.63) is 5.82 Å². The quantitative estimate of drug-likeness (QED) is 0.617. The lowest BCUT2D eigenvalue weighted by Crippen LogP contribution is -2.11. The largest absolute Gasteiger partial charge is 0.354 e. The van der Waals surface area contributed by atoms with Crippen LogP contribution in [-0.2, 0) is 7.05 Å². The summed E-state index contributed by atoms with van der Waals surface area (Å²) in [6.45, 7) is 3.47. The topological polar surface area (TPSA) is 68.8 Å². The van der Waals surface area contributed by atoms with Gasteiger partial charge in [-0.3, -0.25) is 0 Å². The van der Waals surface area contributed by atoms with E-state index in [0.717, 1.165) is 24.7 Å². The Morgan fingerprint density at radius 3 is 2.75 bits per heavy atom. The number of nitrogens with two attached hydrogens (primary N) is 1. The fourth-order valence-electron chi connectivity index (χ4n) is 0.863. The van der Waals surface area contributed by atoms with Crippen LogP contribution in [0.3, 0.4) is 0 Å². The summed E-state index contributed by atoms with van der Waals surface area (Å²) in [5.41, 5.74) is 5.35. The Bertz CT molecular complexity index is 242. The highest BCUT2D eigenvalue weighted by molar-refractivity contribution is 5.24. The van der Waals surface area contributed by atoms with E-state index >= 15 is 0 Å². The Balaban J connectivity index is 2.46. The fourth-order valence-corrected chi connectivity index (χ4v) is 0.863. The van der Waals surface area contributed by atoms with Gasteiger partial charge in [0.2, 0.25) is 5.95 Å². The SMILES string of the molecule is Cc1nnc(NCCCN)n1C. The molecule has 0 fully saturated rings. The van der Waals surface area contributed by atoms with E-state index in [1.165, 1.54) is 0 Å². The molecule has 3 N–H and O–H groups in total. The van der Waals surface area contributed by atoms with E-state index in [1.54, 1.807) is 0 Å². The zero-order valence-electron chi connectivity index (χ0n) is 7.54. The van der Waals surface area contributed by atoms with Crippen molar-refractivity contribution in [1.82, 2.24) is 14.8 Å². The van der Waals surface area contributed by atoms with Gasteiger partial charge in [0.15, 0.2) is 0 Å². The van der Waals surface area contributed by atoms with Gasteiger partial charge < -0.3 is 15.6 Å². The smallest absolute Gasteiger partial charge is 0.224 e. The number of anilines is 1.